The monoisotopic (exact) mass is 182 g/mol. The van der Waals surface area contributed by atoms with Crippen LogP contribution in [0.15, 0.2) is 18.3 Å². The molecule has 0 saturated carbocycles. The minimum absolute atomic E-state index is 0.441. The molecule has 1 heterocycles. The van der Waals surface area contributed by atoms with Crippen LogP contribution in [-0.2, 0) is 11.3 Å². The predicted molar refractivity (Wildman–Crippen MR) is 49.5 cm³/mol. The third-order valence-electron chi connectivity index (χ3n) is 1.60. The molecule has 0 aliphatic rings. The molecule has 1 aromatic rings. The van der Waals surface area contributed by atoms with Gasteiger partial charge in [-0.05, 0) is 6.07 Å². The van der Waals surface area contributed by atoms with Crippen molar-refractivity contribution in [2.45, 2.75) is 6.54 Å². The van der Waals surface area contributed by atoms with Crippen LogP contribution < -0.4 is 10.5 Å². The Bertz CT molecular complexity index is 253. The summed E-state index contributed by atoms with van der Waals surface area (Å²) >= 11 is 0. The van der Waals surface area contributed by atoms with Gasteiger partial charge in [-0.2, -0.15) is 0 Å². The summed E-state index contributed by atoms with van der Waals surface area (Å²) < 4.78 is 10.2. The Balaban J connectivity index is 2.54. The van der Waals surface area contributed by atoms with Crippen LogP contribution in [0.3, 0.4) is 0 Å². The summed E-state index contributed by atoms with van der Waals surface area (Å²) in [5.74, 6) is 0.599. The van der Waals surface area contributed by atoms with Crippen LogP contribution in [0.4, 0.5) is 0 Å². The van der Waals surface area contributed by atoms with Gasteiger partial charge < -0.3 is 15.2 Å². The van der Waals surface area contributed by atoms with Gasteiger partial charge in [0, 0.05) is 25.4 Å². The first kappa shape index (κ1) is 9.95. The van der Waals surface area contributed by atoms with Gasteiger partial charge in [0.05, 0.1) is 6.61 Å². The molecule has 4 heteroatoms. The highest BCUT2D eigenvalue weighted by molar-refractivity contribution is 5.24. The minimum Gasteiger partial charge on any atom is -0.475 e. The highest BCUT2D eigenvalue weighted by atomic mass is 16.5. The maximum absolute atomic E-state index is 5.50. The average Bonchev–Trinajstić information content (AvgIpc) is 2.19. The van der Waals surface area contributed by atoms with Crippen LogP contribution in [-0.4, -0.2) is 25.3 Å². The van der Waals surface area contributed by atoms with Crippen molar-refractivity contribution in [3.05, 3.63) is 23.9 Å². The van der Waals surface area contributed by atoms with Gasteiger partial charge in [-0.25, -0.2) is 4.98 Å². The van der Waals surface area contributed by atoms with Crippen molar-refractivity contribution in [1.82, 2.24) is 4.98 Å². The zero-order chi connectivity index (χ0) is 9.52. The summed E-state index contributed by atoms with van der Waals surface area (Å²) in [6.45, 7) is 1.50. The highest BCUT2D eigenvalue weighted by Crippen LogP contribution is 2.12. The molecule has 0 unspecified atom stereocenters. The Morgan fingerprint density at radius 1 is 1.46 bits per heavy atom. The van der Waals surface area contributed by atoms with E-state index in [0.717, 1.165) is 5.56 Å². The van der Waals surface area contributed by atoms with Crippen molar-refractivity contribution in [2.24, 2.45) is 5.73 Å². The van der Waals surface area contributed by atoms with E-state index in [1.807, 2.05) is 12.1 Å². The molecule has 13 heavy (non-hydrogen) atoms. The molecule has 0 atom stereocenters. The van der Waals surface area contributed by atoms with Crippen molar-refractivity contribution in [3.8, 4) is 5.88 Å². The van der Waals surface area contributed by atoms with Crippen molar-refractivity contribution >= 4 is 0 Å². The molecule has 0 aliphatic heterocycles. The minimum atomic E-state index is 0.441. The first-order valence-corrected chi connectivity index (χ1v) is 4.14. The normalized spacial score (nSPS) is 10.0. The summed E-state index contributed by atoms with van der Waals surface area (Å²) in [4.78, 5) is 4.06. The molecular weight excluding hydrogens is 168 g/mol. The summed E-state index contributed by atoms with van der Waals surface area (Å²) in [5, 5.41) is 0. The van der Waals surface area contributed by atoms with Gasteiger partial charge in [-0.3, -0.25) is 0 Å². The van der Waals surface area contributed by atoms with Crippen molar-refractivity contribution in [3.63, 3.8) is 0 Å². The Morgan fingerprint density at radius 3 is 3.00 bits per heavy atom. The average molecular weight is 182 g/mol. The molecule has 2 N–H and O–H groups in total. The van der Waals surface area contributed by atoms with Crippen LogP contribution in [0, 0.1) is 0 Å². The molecule has 0 saturated heterocycles. The molecule has 1 rings (SSSR count). The Hall–Kier alpha value is -1.13. The molecule has 0 aliphatic carbocycles. The second-order valence-electron chi connectivity index (χ2n) is 2.51. The van der Waals surface area contributed by atoms with Gasteiger partial charge in [0.25, 0.3) is 0 Å². The van der Waals surface area contributed by atoms with E-state index in [1.165, 1.54) is 0 Å². The van der Waals surface area contributed by atoms with Crippen LogP contribution >= 0.6 is 0 Å². The number of methoxy groups -OCH3 is 1. The SMILES string of the molecule is COCCOc1ncccc1CN. The predicted octanol–water partition coefficient (Wildman–Crippen LogP) is 0.566. The fourth-order valence-corrected chi connectivity index (χ4v) is 0.931. The summed E-state index contributed by atoms with van der Waals surface area (Å²) in [6.07, 6.45) is 1.68. The fraction of sp³-hybridized carbons (Fsp3) is 0.444. The smallest absolute Gasteiger partial charge is 0.217 e. The first-order chi connectivity index (χ1) is 6.38. The summed E-state index contributed by atoms with van der Waals surface area (Å²) in [6, 6.07) is 3.74. The van der Waals surface area contributed by atoms with E-state index in [-0.39, 0.29) is 0 Å². The number of hydrogen-bond acceptors (Lipinski definition) is 4. The maximum Gasteiger partial charge on any atom is 0.217 e. The van der Waals surface area contributed by atoms with Crippen molar-refractivity contribution in [1.29, 1.82) is 0 Å². The quantitative estimate of drug-likeness (QED) is 0.676. The van der Waals surface area contributed by atoms with Gasteiger partial charge in [0.1, 0.15) is 6.61 Å². The zero-order valence-electron chi connectivity index (χ0n) is 7.69. The van der Waals surface area contributed by atoms with Crippen LogP contribution in [0.2, 0.25) is 0 Å². The lowest BCUT2D eigenvalue weighted by atomic mass is 10.3. The molecule has 0 spiro atoms. The molecule has 0 radical (unpaired) electrons. The molecule has 0 fully saturated rings. The fourth-order valence-electron chi connectivity index (χ4n) is 0.931. The number of nitrogens with two attached hydrogens (primary N) is 1. The number of rotatable bonds is 5. The molecule has 4 nitrogen and oxygen atoms in total. The molecule has 72 valence electrons. The topological polar surface area (TPSA) is 57.4 Å². The van der Waals surface area contributed by atoms with Crippen molar-refractivity contribution in [2.75, 3.05) is 20.3 Å². The van der Waals surface area contributed by atoms with E-state index < -0.39 is 0 Å². The van der Waals surface area contributed by atoms with Crippen LogP contribution in [0.1, 0.15) is 5.56 Å². The zero-order valence-corrected chi connectivity index (χ0v) is 7.69. The summed E-state index contributed by atoms with van der Waals surface area (Å²) in [7, 11) is 1.63. The van der Waals surface area contributed by atoms with Gasteiger partial charge >= 0.3 is 0 Å². The number of pyridine rings is 1. The molecule has 0 bridgehead atoms. The molecule has 1 aromatic heterocycles. The summed E-state index contributed by atoms with van der Waals surface area (Å²) in [5.41, 5.74) is 6.42. The molecular formula is C9H14N2O2. The maximum atomic E-state index is 5.50. The molecule has 0 aromatic carbocycles. The third kappa shape index (κ3) is 3.01. The third-order valence-corrected chi connectivity index (χ3v) is 1.60. The van der Waals surface area contributed by atoms with Crippen LogP contribution in [0.25, 0.3) is 0 Å². The number of nitrogens with zero attached hydrogens (tertiary/aromatic N) is 1. The van der Waals surface area contributed by atoms with E-state index in [0.29, 0.717) is 25.6 Å². The number of ether oxygens (including phenoxy) is 2. The van der Waals surface area contributed by atoms with Gasteiger partial charge in [-0.15, -0.1) is 0 Å². The lowest BCUT2D eigenvalue weighted by Crippen LogP contribution is -2.08. The molecule has 0 amide bonds. The van der Waals surface area contributed by atoms with E-state index in [4.69, 9.17) is 15.2 Å². The highest BCUT2D eigenvalue weighted by Gasteiger charge is 2.01. The second kappa shape index (κ2) is 5.50. The Labute approximate surface area is 77.7 Å². The van der Waals surface area contributed by atoms with Gasteiger partial charge in [-0.1, -0.05) is 6.07 Å². The Morgan fingerprint density at radius 2 is 2.31 bits per heavy atom. The number of hydrogen-bond donors (Lipinski definition) is 1. The lowest BCUT2D eigenvalue weighted by Gasteiger charge is -2.07. The van der Waals surface area contributed by atoms with Gasteiger partial charge in [0.2, 0.25) is 5.88 Å². The second-order valence-corrected chi connectivity index (χ2v) is 2.51. The largest absolute Gasteiger partial charge is 0.475 e. The first-order valence-electron chi connectivity index (χ1n) is 4.14. The Kier molecular flexibility index (Phi) is 4.21. The van der Waals surface area contributed by atoms with E-state index >= 15 is 0 Å². The van der Waals surface area contributed by atoms with Crippen LogP contribution in [0.5, 0.6) is 5.88 Å². The van der Waals surface area contributed by atoms with Gasteiger partial charge in [0.15, 0.2) is 0 Å². The lowest BCUT2D eigenvalue weighted by molar-refractivity contribution is 0.143. The number of aromatic nitrogens is 1. The van der Waals surface area contributed by atoms with E-state index in [2.05, 4.69) is 4.98 Å². The van der Waals surface area contributed by atoms with E-state index in [1.54, 1.807) is 13.3 Å². The standard InChI is InChI=1S/C9H14N2O2/c1-12-5-6-13-9-8(7-10)3-2-4-11-9/h2-4H,5-7,10H2,1H3. The van der Waals surface area contributed by atoms with Crippen molar-refractivity contribution < 1.29 is 9.47 Å². The van der Waals surface area contributed by atoms with E-state index in [9.17, 15) is 0 Å².